The molecule has 0 spiro atoms. The Morgan fingerprint density at radius 2 is 1.85 bits per heavy atom. The average Bonchev–Trinajstić information content (AvgIpc) is 3.29. The predicted octanol–water partition coefficient (Wildman–Crippen LogP) is 2.85. The van der Waals surface area contributed by atoms with Crippen LogP contribution in [0, 0.1) is 0 Å². The Morgan fingerprint density at radius 1 is 1.06 bits per heavy atom. The molecule has 33 heavy (non-hydrogen) atoms. The number of hydrogen-bond donors (Lipinski definition) is 3. The highest BCUT2D eigenvalue weighted by Crippen LogP contribution is 2.26. The summed E-state index contributed by atoms with van der Waals surface area (Å²) >= 11 is 0. The highest BCUT2D eigenvalue weighted by atomic mass is 16.5. The first-order valence-electron chi connectivity index (χ1n) is 10.6. The van der Waals surface area contributed by atoms with Gasteiger partial charge in [-0.1, -0.05) is 0 Å². The molecule has 4 N–H and O–H groups in total. The minimum atomic E-state index is -0.157. The zero-order valence-electron chi connectivity index (χ0n) is 18.3. The number of anilines is 2. The maximum absolute atomic E-state index is 12.3. The number of rotatable bonds is 10. The fourth-order valence-electron chi connectivity index (χ4n) is 3.35. The number of amides is 1. The summed E-state index contributed by atoms with van der Waals surface area (Å²) in [5, 5.41) is 6.10. The number of hydrogen-bond acceptors (Lipinski definition) is 7. The van der Waals surface area contributed by atoms with Crippen molar-refractivity contribution in [2.45, 2.75) is 0 Å². The molecule has 2 aromatic carbocycles. The van der Waals surface area contributed by atoms with Gasteiger partial charge in [-0.2, -0.15) is 0 Å². The second-order valence-corrected chi connectivity index (χ2v) is 7.20. The number of imidazole rings is 1. The summed E-state index contributed by atoms with van der Waals surface area (Å²) in [5.41, 5.74) is 9.39. The van der Waals surface area contributed by atoms with Crippen LogP contribution >= 0.6 is 0 Å². The second-order valence-electron chi connectivity index (χ2n) is 7.20. The molecule has 2 aromatic heterocycles. The van der Waals surface area contributed by atoms with Crippen LogP contribution < -0.4 is 21.1 Å². The molecule has 9 nitrogen and oxygen atoms in total. The van der Waals surface area contributed by atoms with Gasteiger partial charge in [-0.05, 0) is 48.5 Å². The predicted molar refractivity (Wildman–Crippen MR) is 127 cm³/mol. The Bertz CT molecular complexity index is 1210. The molecule has 0 saturated carbocycles. The van der Waals surface area contributed by atoms with Gasteiger partial charge in [-0.3, -0.25) is 9.20 Å². The lowest BCUT2D eigenvalue weighted by Gasteiger charge is -2.09. The van der Waals surface area contributed by atoms with Crippen LogP contribution in [0.15, 0.2) is 67.1 Å². The third-order valence-corrected chi connectivity index (χ3v) is 5.02. The first kappa shape index (κ1) is 22.3. The van der Waals surface area contributed by atoms with Crippen LogP contribution in [0.4, 0.5) is 11.5 Å². The lowest BCUT2D eigenvalue weighted by molar-refractivity contribution is 0.0920. The van der Waals surface area contributed by atoms with Crippen LogP contribution in [-0.2, 0) is 4.74 Å². The van der Waals surface area contributed by atoms with Gasteiger partial charge in [-0.25, -0.2) is 9.97 Å². The van der Waals surface area contributed by atoms with Gasteiger partial charge in [0.05, 0.1) is 32.2 Å². The van der Waals surface area contributed by atoms with Crippen molar-refractivity contribution in [2.24, 2.45) is 5.73 Å². The molecule has 0 radical (unpaired) electrons. The smallest absolute Gasteiger partial charge is 0.251 e. The van der Waals surface area contributed by atoms with Gasteiger partial charge >= 0.3 is 0 Å². The standard InChI is InChI=1S/C24H26N6O3/c1-32-20-8-4-17(5-9-20)21-16-28-23-22(26-11-13-30(21)23)29-19-6-2-18(3-7-19)24(31)27-12-15-33-14-10-25/h2-9,11,13,16H,10,12,14-15,25H2,1H3,(H,26,29)(H,27,31). The molecule has 0 saturated heterocycles. The van der Waals surface area contributed by atoms with Crippen LogP contribution in [0.3, 0.4) is 0 Å². The van der Waals surface area contributed by atoms with Crippen molar-refractivity contribution in [3.8, 4) is 17.0 Å². The van der Waals surface area contributed by atoms with E-state index in [1.165, 1.54) is 0 Å². The number of nitrogens with zero attached hydrogens (tertiary/aromatic N) is 3. The second kappa shape index (κ2) is 10.6. The van der Waals surface area contributed by atoms with E-state index in [0.29, 0.717) is 43.3 Å². The monoisotopic (exact) mass is 446 g/mol. The van der Waals surface area contributed by atoms with Crippen LogP contribution in [-0.4, -0.2) is 53.7 Å². The van der Waals surface area contributed by atoms with Gasteiger partial charge in [0.25, 0.3) is 5.91 Å². The van der Waals surface area contributed by atoms with Crippen LogP contribution in [0.5, 0.6) is 5.75 Å². The van der Waals surface area contributed by atoms with E-state index in [1.807, 2.05) is 53.2 Å². The Hall–Kier alpha value is -3.95. The zero-order chi connectivity index (χ0) is 23.0. The summed E-state index contributed by atoms with van der Waals surface area (Å²) in [6.07, 6.45) is 5.41. The van der Waals surface area contributed by atoms with E-state index in [1.54, 1.807) is 25.4 Å². The van der Waals surface area contributed by atoms with E-state index in [4.69, 9.17) is 15.2 Å². The Balaban J connectivity index is 1.45. The number of methoxy groups -OCH3 is 1. The number of carbonyl (C=O) groups excluding carboxylic acids is 1. The van der Waals surface area contributed by atoms with Crippen molar-refractivity contribution in [3.63, 3.8) is 0 Å². The van der Waals surface area contributed by atoms with Crippen molar-refractivity contribution in [1.82, 2.24) is 19.7 Å². The average molecular weight is 447 g/mol. The largest absolute Gasteiger partial charge is 0.497 e. The van der Waals surface area contributed by atoms with E-state index in [9.17, 15) is 4.79 Å². The summed E-state index contributed by atoms with van der Waals surface area (Å²) in [6, 6.07) is 15.0. The molecule has 0 atom stereocenters. The van der Waals surface area contributed by atoms with Crippen molar-refractivity contribution < 1.29 is 14.3 Å². The number of ether oxygens (including phenoxy) is 2. The number of nitrogens with one attached hydrogen (secondary N) is 2. The molecule has 1 amide bonds. The Labute approximate surface area is 191 Å². The number of carbonyl (C=O) groups is 1. The number of aromatic nitrogens is 3. The summed E-state index contributed by atoms with van der Waals surface area (Å²) in [6.45, 7) is 1.81. The Kier molecular flexibility index (Phi) is 7.13. The maximum Gasteiger partial charge on any atom is 0.251 e. The van der Waals surface area contributed by atoms with Gasteiger partial charge in [0, 0.05) is 42.3 Å². The van der Waals surface area contributed by atoms with Gasteiger partial charge in [0.15, 0.2) is 11.5 Å². The molecular formula is C24H26N6O3. The minimum Gasteiger partial charge on any atom is -0.497 e. The van der Waals surface area contributed by atoms with Crippen molar-refractivity contribution in [2.75, 3.05) is 38.7 Å². The van der Waals surface area contributed by atoms with Gasteiger partial charge in [0.2, 0.25) is 0 Å². The fourth-order valence-corrected chi connectivity index (χ4v) is 3.35. The van der Waals surface area contributed by atoms with Gasteiger partial charge < -0.3 is 25.8 Å². The fraction of sp³-hybridized carbons (Fsp3) is 0.208. The van der Waals surface area contributed by atoms with Crippen molar-refractivity contribution >= 4 is 23.1 Å². The molecule has 0 bridgehead atoms. The summed E-state index contributed by atoms with van der Waals surface area (Å²) in [4.78, 5) is 21.3. The summed E-state index contributed by atoms with van der Waals surface area (Å²) in [7, 11) is 1.64. The SMILES string of the molecule is COc1ccc(-c2cnc3c(Nc4ccc(C(=O)NCCOCCN)cc4)nccn23)cc1. The maximum atomic E-state index is 12.3. The van der Waals surface area contributed by atoms with Gasteiger partial charge in [-0.15, -0.1) is 0 Å². The third kappa shape index (κ3) is 5.28. The number of benzene rings is 2. The molecule has 9 heteroatoms. The third-order valence-electron chi connectivity index (χ3n) is 5.02. The highest BCUT2D eigenvalue weighted by Gasteiger charge is 2.11. The van der Waals surface area contributed by atoms with E-state index < -0.39 is 0 Å². The lowest BCUT2D eigenvalue weighted by Crippen LogP contribution is -2.27. The molecule has 4 aromatic rings. The van der Waals surface area contributed by atoms with Crippen LogP contribution in [0.1, 0.15) is 10.4 Å². The molecule has 0 aliphatic rings. The summed E-state index contributed by atoms with van der Waals surface area (Å²) < 4.78 is 12.5. The quantitative estimate of drug-likeness (QED) is 0.321. The molecule has 170 valence electrons. The zero-order valence-corrected chi connectivity index (χ0v) is 18.3. The summed E-state index contributed by atoms with van der Waals surface area (Å²) in [5.74, 6) is 1.26. The molecule has 0 fully saturated rings. The highest BCUT2D eigenvalue weighted by molar-refractivity contribution is 5.94. The normalized spacial score (nSPS) is 10.8. The molecular weight excluding hydrogens is 420 g/mol. The van der Waals surface area contributed by atoms with Crippen molar-refractivity contribution in [3.05, 3.63) is 72.7 Å². The number of nitrogens with two attached hydrogens (primary N) is 1. The topological polar surface area (TPSA) is 116 Å². The first-order valence-corrected chi connectivity index (χ1v) is 10.6. The van der Waals surface area contributed by atoms with E-state index in [2.05, 4.69) is 20.6 Å². The van der Waals surface area contributed by atoms with E-state index in [-0.39, 0.29) is 5.91 Å². The van der Waals surface area contributed by atoms with E-state index >= 15 is 0 Å². The Morgan fingerprint density at radius 3 is 2.58 bits per heavy atom. The van der Waals surface area contributed by atoms with Gasteiger partial charge in [0.1, 0.15) is 5.75 Å². The van der Waals surface area contributed by atoms with Crippen LogP contribution in [0.25, 0.3) is 16.9 Å². The number of fused-ring (bicyclic) bond motifs is 1. The molecule has 2 heterocycles. The molecule has 0 aliphatic carbocycles. The molecule has 4 rings (SSSR count). The molecule has 0 unspecified atom stereocenters. The molecule has 0 aliphatic heterocycles. The first-order chi connectivity index (χ1) is 16.2. The lowest BCUT2D eigenvalue weighted by atomic mass is 10.1. The van der Waals surface area contributed by atoms with Crippen molar-refractivity contribution in [1.29, 1.82) is 0 Å². The minimum absolute atomic E-state index is 0.157. The van der Waals surface area contributed by atoms with Crippen LogP contribution in [0.2, 0.25) is 0 Å². The van der Waals surface area contributed by atoms with E-state index in [0.717, 1.165) is 22.7 Å².